The molecule has 1 fully saturated rings. The Balaban J connectivity index is 1.83. The molecule has 8 nitrogen and oxygen atoms in total. The predicted octanol–water partition coefficient (Wildman–Crippen LogP) is 3.32. The first-order chi connectivity index (χ1) is 15.9. The Morgan fingerprint density at radius 2 is 1.70 bits per heavy atom. The second-order valence-electron chi connectivity index (χ2n) is 8.03. The van der Waals surface area contributed by atoms with Crippen LogP contribution in [0, 0.1) is 5.41 Å². The van der Waals surface area contributed by atoms with Gasteiger partial charge in [-0.3, -0.25) is 19.3 Å². The minimum Gasteiger partial charge on any atom is -0.465 e. The predicted molar refractivity (Wildman–Crippen MR) is 118 cm³/mol. The minimum atomic E-state index is -1.88. The highest BCUT2D eigenvalue weighted by Gasteiger charge is 2.67. The number of anilines is 1. The van der Waals surface area contributed by atoms with Crippen molar-refractivity contribution in [3.8, 4) is 0 Å². The Morgan fingerprint density at radius 1 is 1.00 bits per heavy atom. The van der Waals surface area contributed by atoms with Crippen molar-refractivity contribution in [2.24, 2.45) is 5.41 Å². The maximum atomic E-state index is 13.8. The van der Waals surface area contributed by atoms with Crippen molar-refractivity contribution in [2.45, 2.75) is 38.5 Å². The molecule has 172 valence electrons. The van der Waals surface area contributed by atoms with E-state index in [4.69, 9.17) is 14.2 Å². The fourth-order valence-electron chi connectivity index (χ4n) is 4.80. The number of hydrogen-bond acceptors (Lipinski definition) is 7. The zero-order valence-electron chi connectivity index (χ0n) is 18.5. The second kappa shape index (κ2) is 9.15. The van der Waals surface area contributed by atoms with E-state index >= 15 is 0 Å². The molecular formula is C25H25NO7. The lowest BCUT2D eigenvalue weighted by Gasteiger charge is -2.51. The molecule has 0 aromatic heterocycles. The highest BCUT2D eigenvalue weighted by atomic mass is 16.6. The van der Waals surface area contributed by atoms with E-state index in [9.17, 15) is 19.2 Å². The van der Waals surface area contributed by atoms with Crippen molar-refractivity contribution in [3.63, 3.8) is 0 Å². The first kappa shape index (κ1) is 22.7. The lowest BCUT2D eigenvalue weighted by atomic mass is 9.61. The number of para-hydroxylation sites is 1. The summed E-state index contributed by atoms with van der Waals surface area (Å²) in [5.41, 5.74) is -0.637. The van der Waals surface area contributed by atoms with Gasteiger partial charge in [-0.15, -0.1) is 0 Å². The van der Waals surface area contributed by atoms with Crippen LogP contribution in [0.3, 0.4) is 0 Å². The number of methoxy groups -OCH3 is 1. The van der Waals surface area contributed by atoms with Crippen molar-refractivity contribution in [1.29, 1.82) is 0 Å². The van der Waals surface area contributed by atoms with Gasteiger partial charge in [0.15, 0.2) is 11.2 Å². The molecule has 0 bridgehead atoms. The van der Waals surface area contributed by atoms with Crippen LogP contribution in [0.2, 0.25) is 0 Å². The Morgan fingerprint density at radius 3 is 2.39 bits per heavy atom. The maximum absolute atomic E-state index is 13.8. The van der Waals surface area contributed by atoms with Crippen molar-refractivity contribution < 1.29 is 33.4 Å². The molecular weight excluding hydrogens is 426 g/mol. The number of benzene rings is 2. The lowest BCUT2D eigenvalue weighted by Crippen LogP contribution is -2.69. The Labute approximate surface area is 191 Å². The third kappa shape index (κ3) is 3.70. The summed E-state index contributed by atoms with van der Waals surface area (Å²) in [6, 6.07) is 14.5. The maximum Gasteiger partial charge on any atom is 0.414 e. The molecule has 1 heterocycles. The summed E-state index contributed by atoms with van der Waals surface area (Å²) in [5.74, 6) is -1.55. The fourth-order valence-corrected chi connectivity index (χ4v) is 4.80. The zero-order chi connectivity index (χ0) is 23.6. The van der Waals surface area contributed by atoms with E-state index in [0.29, 0.717) is 0 Å². The number of amides is 1. The molecule has 4 rings (SSSR count). The van der Waals surface area contributed by atoms with E-state index in [0.717, 1.165) is 5.56 Å². The Kier molecular flexibility index (Phi) is 6.29. The second-order valence-corrected chi connectivity index (χ2v) is 8.03. The molecule has 2 aromatic carbocycles. The fraction of sp³-hybridized carbons (Fsp3) is 0.360. The molecule has 2 aromatic rings. The zero-order valence-corrected chi connectivity index (χ0v) is 18.5. The van der Waals surface area contributed by atoms with Crippen molar-refractivity contribution >= 4 is 29.3 Å². The van der Waals surface area contributed by atoms with Gasteiger partial charge in [0.2, 0.25) is 0 Å². The van der Waals surface area contributed by atoms with Crippen LogP contribution in [0.5, 0.6) is 0 Å². The van der Waals surface area contributed by atoms with Gasteiger partial charge in [-0.1, -0.05) is 42.5 Å². The van der Waals surface area contributed by atoms with Crippen LogP contribution in [0.4, 0.5) is 10.5 Å². The molecule has 0 unspecified atom stereocenters. The summed E-state index contributed by atoms with van der Waals surface area (Å²) in [6.45, 7) is 1.66. The molecule has 33 heavy (non-hydrogen) atoms. The standard InChI is InChI=1S/C25H25NO7/c1-3-32-23(29)25-20(13-17(27)14-21(25)31-2)26(19-12-8-7-11-18(19)22(25)28)24(30)33-15-16-9-5-4-6-10-16/h4-12,20-21H,3,13-15H2,1-2H3/t20-,21+,25-/m0/s1. The number of hydrogen-bond donors (Lipinski definition) is 0. The summed E-state index contributed by atoms with van der Waals surface area (Å²) in [4.78, 5) is 54.5. The third-order valence-electron chi connectivity index (χ3n) is 6.26. The van der Waals surface area contributed by atoms with Gasteiger partial charge in [-0.2, -0.15) is 0 Å². The number of rotatable bonds is 5. The largest absolute Gasteiger partial charge is 0.465 e. The van der Waals surface area contributed by atoms with Crippen LogP contribution in [0.1, 0.15) is 35.7 Å². The first-order valence-corrected chi connectivity index (χ1v) is 10.8. The average Bonchev–Trinajstić information content (AvgIpc) is 2.83. The van der Waals surface area contributed by atoms with Crippen molar-refractivity contribution in [2.75, 3.05) is 18.6 Å². The molecule has 1 amide bonds. The summed E-state index contributed by atoms with van der Waals surface area (Å²) >= 11 is 0. The number of carbonyl (C=O) groups excluding carboxylic acids is 4. The number of esters is 1. The quantitative estimate of drug-likeness (QED) is 0.508. The van der Waals surface area contributed by atoms with E-state index in [1.54, 1.807) is 31.2 Å². The summed E-state index contributed by atoms with van der Waals surface area (Å²) in [6.07, 6.45) is -2.17. The van der Waals surface area contributed by atoms with Crippen LogP contribution in [0.25, 0.3) is 0 Å². The Hall–Kier alpha value is -3.52. The Bertz CT molecular complexity index is 1080. The molecule has 0 spiro atoms. The minimum absolute atomic E-state index is 0.00688. The summed E-state index contributed by atoms with van der Waals surface area (Å²) in [7, 11) is 1.34. The molecule has 1 aliphatic carbocycles. The number of ketones is 2. The number of ether oxygens (including phenoxy) is 3. The van der Waals surface area contributed by atoms with Crippen molar-refractivity contribution in [3.05, 3.63) is 65.7 Å². The van der Waals surface area contributed by atoms with E-state index in [-0.39, 0.29) is 43.1 Å². The van der Waals surface area contributed by atoms with Crippen LogP contribution < -0.4 is 4.90 Å². The van der Waals surface area contributed by atoms with Crippen LogP contribution >= 0.6 is 0 Å². The average molecular weight is 451 g/mol. The van der Waals surface area contributed by atoms with E-state index < -0.39 is 35.4 Å². The molecule has 2 aliphatic rings. The number of nitrogens with zero attached hydrogens (tertiary/aromatic N) is 1. The van der Waals surface area contributed by atoms with Gasteiger partial charge in [0, 0.05) is 25.5 Å². The van der Waals surface area contributed by atoms with Gasteiger partial charge in [-0.05, 0) is 24.6 Å². The van der Waals surface area contributed by atoms with Gasteiger partial charge in [0.25, 0.3) is 0 Å². The normalized spacial score (nSPS) is 24.0. The smallest absolute Gasteiger partial charge is 0.414 e. The molecule has 0 radical (unpaired) electrons. The van der Waals surface area contributed by atoms with E-state index in [1.807, 2.05) is 30.3 Å². The van der Waals surface area contributed by atoms with Gasteiger partial charge >= 0.3 is 12.1 Å². The third-order valence-corrected chi connectivity index (χ3v) is 6.26. The van der Waals surface area contributed by atoms with Crippen LogP contribution in [0.15, 0.2) is 54.6 Å². The van der Waals surface area contributed by atoms with Crippen LogP contribution in [-0.2, 0) is 30.4 Å². The highest BCUT2D eigenvalue weighted by molar-refractivity contribution is 6.21. The van der Waals surface area contributed by atoms with E-state index in [2.05, 4.69) is 0 Å². The molecule has 0 N–H and O–H groups in total. The molecule has 1 aliphatic heterocycles. The highest BCUT2D eigenvalue weighted by Crippen LogP contribution is 2.50. The van der Waals surface area contributed by atoms with Gasteiger partial charge < -0.3 is 14.2 Å². The van der Waals surface area contributed by atoms with Gasteiger partial charge in [0.05, 0.1) is 24.4 Å². The topological polar surface area (TPSA) is 99.2 Å². The van der Waals surface area contributed by atoms with Crippen molar-refractivity contribution in [1.82, 2.24) is 0 Å². The summed E-state index contributed by atoms with van der Waals surface area (Å²) in [5, 5.41) is 0. The number of Topliss-reactive ketones (excluding diaryl/α,β-unsaturated/α-hetero) is 2. The lowest BCUT2D eigenvalue weighted by molar-refractivity contribution is -0.165. The van der Waals surface area contributed by atoms with E-state index in [1.165, 1.54) is 12.0 Å². The van der Waals surface area contributed by atoms with Crippen LogP contribution in [-0.4, -0.2) is 49.5 Å². The first-order valence-electron chi connectivity index (χ1n) is 10.8. The molecule has 8 heteroatoms. The van der Waals surface area contributed by atoms with Gasteiger partial charge in [0.1, 0.15) is 12.4 Å². The summed E-state index contributed by atoms with van der Waals surface area (Å²) < 4.78 is 16.4. The number of carbonyl (C=O) groups is 4. The van der Waals surface area contributed by atoms with Gasteiger partial charge in [-0.25, -0.2) is 4.79 Å². The molecule has 3 atom stereocenters. The monoisotopic (exact) mass is 451 g/mol. The molecule has 1 saturated carbocycles. The molecule has 0 saturated heterocycles. The number of fused-ring (bicyclic) bond motifs is 2. The SMILES string of the molecule is CCOC(=O)[C@@]12C(=O)c3ccccc3N(C(=O)OCc3ccccc3)[C@H]1CC(=O)C[C@H]2OC.